The number of carbonyl (C=O) groups excluding carboxylic acids is 1. The number of hydrogen-bond donors (Lipinski definition) is 2. The van der Waals surface area contributed by atoms with Gasteiger partial charge in [-0.3, -0.25) is 4.79 Å². The Morgan fingerprint density at radius 1 is 1.08 bits per heavy atom. The van der Waals surface area contributed by atoms with Gasteiger partial charge in [-0.25, -0.2) is 4.79 Å². The van der Waals surface area contributed by atoms with Gasteiger partial charge in [-0.1, -0.05) is 41.4 Å². The summed E-state index contributed by atoms with van der Waals surface area (Å²) in [5, 5.41) is 19.1. The van der Waals surface area contributed by atoms with Gasteiger partial charge < -0.3 is 15.1 Å². The number of phenols is 1. The van der Waals surface area contributed by atoms with Gasteiger partial charge in [0, 0.05) is 13.5 Å². The average molecular weight is 368 g/mol. The van der Waals surface area contributed by atoms with Crippen LogP contribution < -0.4 is 0 Å². The second-order valence-corrected chi connectivity index (χ2v) is 6.05. The molecule has 0 aliphatic rings. The molecule has 0 aliphatic carbocycles. The predicted octanol–water partition coefficient (Wildman–Crippen LogP) is 3.47. The van der Waals surface area contributed by atoms with Gasteiger partial charge in [-0.05, 0) is 29.8 Å². The number of carbonyl (C=O) groups is 2. The van der Waals surface area contributed by atoms with Gasteiger partial charge in [0.15, 0.2) is 0 Å². The highest BCUT2D eigenvalue weighted by molar-refractivity contribution is 6.39. The minimum atomic E-state index is -1.15. The third-order valence-corrected chi connectivity index (χ3v) is 4.24. The number of amides is 1. The van der Waals surface area contributed by atoms with Crippen molar-refractivity contribution in [1.29, 1.82) is 0 Å². The molecule has 2 rings (SSSR count). The van der Waals surface area contributed by atoms with Crippen molar-refractivity contribution >= 4 is 35.1 Å². The third kappa shape index (κ3) is 3.99. The summed E-state index contributed by atoms with van der Waals surface area (Å²) >= 11 is 12.0. The molecule has 0 spiro atoms. The number of carboxylic acids is 1. The summed E-state index contributed by atoms with van der Waals surface area (Å²) in [6.45, 7) is 0. The molecule has 1 amide bonds. The van der Waals surface area contributed by atoms with Gasteiger partial charge >= 0.3 is 5.97 Å². The molecule has 2 aromatic rings. The lowest BCUT2D eigenvalue weighted by Gasteiger charge is -2.25. The minimum absolute atomic E-state index is 0.0697. The Bertz CT molecular complexity index is 741. The van der Waals surface area contributed by atoms with Gasteiger partial charge in [-0.2, -0.15) is 0 Å². The zero-order valence-corrected chi connectivity index (χ0v) is 14.3. The van der Waals surface area contributed by atoms with E-state index >= 15 is 0 Å². The number of phenolic OH excluding ortho intramolecular Hbond substituents is 1. The van der Waals surface area contributed by atoms with Gasteiger partial charge in [-0.15, -0.1) is 0 Å². The minimum Gasteiger partial charge on any atom is -0.508 e. The van der Waals surface area contributed by atoms with Crippen molar-refractivity contribution in [2.75, 3.05) is 7.05 Å². The van der Waals surface area contributed by atoms with E-state index in [2.05, 4.69) is 0 Å². The van der Waals surface area contributed by atoms with E-state index in [0.29, 0.717) is 5.56 Å². The molecule has 126 valence electrons. The van der Waals surface area contributed by atoms with Gasteiger partial charge in [0.1, 0.15) is 11.8 Å². The molecule has 0 aromatic heterocycles. The van der Waals surface area contributed by atoms with E-state index in [9.17, 15) is 19.8 Å². The number of hydrogen-bond acceptors (Lipinski definition) is 3. The molecule has 2 N–H and O–H groups in total. The summed E-state index contributed by atoms with van der Waals surface area (Å²) in [4.78, 5) is 25.3. The molecule has 7 heteroatoms. The molecule has 0 fully saturated rings. The molecule has 0 heterocycles. The summed E-state index contributed by atoms with van der Waals surface area (Å²) in [7, 11) is 1.39. The normalized spacial score (nSPS) is 11.8. The Labute approximate surface area is 149 Å². The van der Waals surface area contributed by atoms with Crippen LogP contribution >= 0.6 is 23.2 Å². The van der Waals surface area contributed by atoms with E-state index in [-0.39, 0.29) is 27.8 Å². The first-order valence-electron chi connectivity index (χ1n) is 7.03. The van der Waals surface area contributed by atoms with E-state index < -0.39 is 17.9 Å². The second kappa shape index (κ2) is 7.55. The predicted molar refractivity (Wildman–Crippen MR) is 91.8 cm³/mol. The number of halogens is 2. The Morgan fingerprint density at radius 3 is 2.12 bits per heavy atom. The highest BCUT2D eigenvalue weighted by atomic mass is 35.5. The number of likely N-dealkylation sites (N-methyl/N-ethyl adjacent to an activating group) is 1. The fourth-order valence-electron chi connectivity index (χ4n) is 2.27. The molecule has 0 bridgehead atoms. The fraction of sp³-hybridized carbons (Fsp3) is 0.176. The van der Waals surface area contributed by atoms with Gasteiger partial charge in [0.25, 0.3) is 5.91 Å². The highest BCUT2D eigenvalue weighted by Crippen LogP contribution is 2.26. The molecule has 1 atom stereocenters. The average Bonchev–Trinajstić information content (AvgIpc) is 2.53. The monoisotopic (exact) mass is 367 g/mol. The quantitative estimate of drug-likeness (QED) is 0.847. The van der Waals surface area contributed by atoms with E-state index in [1.54, 1.807) is 18.2 Å². The fourth-order valence-corrected chi connectivity index (χ4v) is 2.82. The Morgan fingerprint density at radius 2 is 1.62 bits per heavy atom. The standard InChI is InChI=1S/C17H15Cl2NO4/c1-20(16(22)15-12(18)3-2-4-13(15)19)14(17(23)24)9-10-5-7-11(21)8-6-10/h2-8,14,21H,9H2,1H3,(H,23,24)/t14-/m0/s1. The van der Waals surface area contributed by atoms with E-state index in [1.807, 2.05) is 0 Å². The second-order valence-electron chi connectivity index (χ2n) is 5.24. The number of nitrogens with zero attached hydrogens (tertiary/aromatic N) is 1. The van der Waals surface area contributed by atoms with Crippen LogP contribution in [-0.4, -0.2) is 40.1 Å². The maximum Gasteiger partial charge on any atom is 0.326 e. The lowest BCUT2D eigenvalue weighted by Crippen LogP contribution is -2.44. The third-order valence-electron chi connectivity index (χ3n) is 3.61. The van der Waals surface area contributed by atoms with Crippen LogP contribution in [0.5, 0.6) is 5.75 Å². The van der Waals surface area contributed by atoms with Crippen molar-refractivity contribution in [2.45, 2.75) is 12.5 Å². The number of aromatic hydroxyl groups is 1. The number of carboxylic acid groups (broad SMARTS) is 1. The van der Waals surface area contributed by atoms with E-state index in [1.165, 1.54) is 31.3 Å². The summed E-state index contributed by atoms with van der Waals surface area (Å²) in [6, 6.07) is 9.66. The van der Waals surface area contributed by atoms with Crippen LogP contribution in [-0.2, 0) is 11.2 Å². The first-order chi connectivity index (χ1) is 11.3. The first kappa shape index (κ1) is 18.1. The molecule has 0 unspecified atom stereocenters. The van der Waals surface area contributed by atoms with Crippen LogP contribution in [0.25, 0.3) is 0 Å². The largest absolute Gasteiger partial charge is 0.508 e. The SMILES string of the molecule is CN(C(=O)c1c(Cl)cccc1Cl)[C@@H](Cc1ccc(O)cc1)C(=O)O. The summed E-state index contributed by atoms with van der Waals surface area (Å²) in [6.07, 6.45) is 0.0833. The van der Waals surface area contributed by atoms with Crippen molar-refractivity contribution in [3.05, 3.63) is 63.6 Å². The Hall–Kier alpha value is -2.24. The maximum atomic E-state index is 12.6. The van der Waals surface area contributed by atoms with Crippen molar-refractivity contribution in [1.82, 2.24) is 4.90 Å². The number of rotatable bonds is 5. The van der Waals surface area contributed by atoms with Crippen LogP contribution in [0.15, 0.2) is 42.5 Å². The molecule has 0 radical (unpaired) electrons. The van der Waals surface area contributed by atoms with Crippen LogP contribution in [0, 0.1) is 0 Å². The maximum absolute atomic E-state index is 12.6. The zero-order valence-electron chi connectivity index (χ0n) is 12.7. The Balaban J connectivity index is 2.28. The van der Waals surface area contributed by atoms with Crippen LogP contribution in [0.1, 0.15) is 15.9 Å². The van der Waals surface area contributed by atoms with Crippen LogP contribution in [0.3, 0.4) is 0 Å². The lowest BCUT2D eigenvalue weighted by atomic mass is 10.0. The molecule has 24 heavy (non-hydrogen) atoms. The molecular formula is C17H15Cl2NO4. The van der Waals surface area contributed by atoms with E-state index in [0.717, 1.165) is 4.90 Å². The van der Waals surface area contributed by atoms with Crippen LogP contribution in [0.4, 0.5) is 0 Å². The summed E-state index contributed by atoms with van der Waals surface area (Å²) in [5.74, 6) is -1.64. The lowest BCUT2D eigenvalue weighted by molar-refractivity contribution is -0.141. The molecule has 2 aromatic carbocycles. The summed E-state index contributed by atoms with van der Waals surface area (Å²) in [5.41, 5.74) is 0.741. The first-order valence-corrected chi connectivity index (χ1v) is 7.78. The van der Waals surface area contributed by atoms with Crippen molar-refractivity contribution in [3.63, 3.8) is 0 Å². The van der Waals surface area contributed by atoms with Crippen molar-refractivity contribution in [2.24, 2.45) is 0 Å². The van der Waals surface area contributed by atoms with E-state index in [4.69, 9.17) is 23.2 Å². The van der Waals surface area contributed by atoms with Crippen molar-refractivity contribution in [3.8, 4) is 5.75 Å². The summed E-state index contributed by atoms with van der Waals surface area (Å²) < 4.78 is 0. The molecule has 0 saturated carbocycles. The molecule has 5 nitrogen and oxygen atoms in total. The number of benzene rings is 2. The molecule has 0 saturated heterocycles. The smallest absolute Gasteiger partial charge is 0.326 e. The molecule has 0 aliphatic heterocycles. The Kier molecular flexibility index (Phi) is 5.70. The zero-order chi connectivity index (χ0) is 17.9. The van der Waals surface area contributed by atoms with Gasteiger partial charge in [0.2, 0.25) is 0 Å². The van der Waals surface area contributed by atoms with Crippen molar-refractivity contribution < 1.29 is 19.8 Å². The highest BCUT2D eigenvalue weighted by Gasteiger charge is 2.29. The number of aliphatic carboxylic acids is 1. The topological polar surface area (TPSA) is 77.8 Å². The molecular weight excluding hydrogens is 353 g/mol. The van der Waals surface area contributed by atoms with Gasteiger partial charge in [0.05, 0.1) is 15.6 Å². The van der Waals surface area contributed by atoms with Crippen LogP contribution in [0.2, 0.25) is 10.0 Å².